The average Bonchev–Trinajstić information content (AvgIpc) is 2.60. The quantitative estimate of drug-likeness (QED) is 0.661. The highest BCUT2D eigenvalue weighted by Gasteiger charge is 2.10. The molecule has 25 heavy (non-hydrogen) atoms. The average molecular weight is 397 g/mol. The Morgan fingerprint density at radius 1 is 1.04 bits per heavy atom. The summed E-state index contributed by atoms with van der Waals surface area (Å²) in [5.41, 5.74) is 4.02. The van der Waals surface area contributed by atoms with Crippen LogP contribution in [0.4, 0.5) is 17.3 Å². The zero-order chi connectivity index (χ0) is 17.8. The summed E-state index contributed by atoms with van der Waals surface area (Å²) in [6, 6.07) is 15.0. The van der Waals surface area contributed by atoms with Crippen molar-refractivity contribution in [1.82, 2.24) is 9.97 Å². The minimum absolute atomic E-state index is 0.272. The van der Waals surface area contributed by atoms with Crippen LogP contribution in [-0.2, 0) is 0 Å². The Hall–Kier alpha value is -2.73. The third-order valence-corrected chi connectivity index (χ3v) is 4.59. The molecule has 0 fully saturated rings. The number of anilines is 3. The van der Waals surface area contributed by atoms with Crippen molar-refractivity contribution in [2.45, 2.75) is 13.8 Å². The van der Waals surface area contributed by atoms with Crippen LogP contribution in [0.25, 0.3) is 0 Å². The molecule has 1 amide bonds. The molecule has 2 aromatic carbocycles. The summed E-state index contributed by atoms with van der Waals surface area (Å²) >= 11 is 3.47. The molecule has 126 valence electrons. The molecule has 3 rings (SSSR count). The molecule has 0 aliphatic carbocycles. The summed E-state index contributed by atoms with van der Waals surface area (Å²) in [6.07, 6.45) is 1.56. The molecule has 0 aliphatic rings. The van der Waals surface area contributed by atoms with Crippen molar-refractivity contribution in [2.75, 3.05) is 10.6 Å². The summed E-state index contributed by atoms with van der Waals surface area (Å²) in [6.45, 7) is 3.95. The van der Waals surface area contributed by atoms with E-state index in [0.717, 1.165) is 27.0 Å². The number of rotatable bonds is 4. The van der Waals surface area contributed by atoms with E-state index in [-0.39, 0.29) is 5.91 Å². The highest BCUT2D eigenvalue weighted by molar-refractivity contribution is 9.10. The SMILES string of the molecule is Cc1cc(Nc2nccc(C(=O)Nc3ccccc3C)n2)ccc1Br. The highest BCUT2D eigenvalue weighted by Crippen LogP contribution is 2.22. The molecule has 5 nitrogen and oxygen atoms in total. The lowest BCUT2D eigenvalue weighted by Gasteiger charge is -2.09. The number of nitrogens with zero attached hydrogens (tertiary/aromatic N) is 2. The monoisotopic (exact) mass is 396 g/mol. The number of aromatic nitrogens is 2. The van der Waals surface area contributed by atoms with Crippen LogP contribution in [0, 0.1) is 13.8 Å². The molecular weight excluding hydrogens is 380 g/mol. The predicted molar refractivity (Wildman–Crippen MR) is 103 cm³/mol. The van der Waals surface area contributed by atoms with E-state index in [0.29, 0.717) is 11.6 Å². The van der Waals surface area contributed by atoms with Gasteiger partial charge in [0.2, 0.25) is 5.95 Å². The minimum Gasteiger partial charge on any atom is -0.324 e. The number of amides is 1. The van der Waals surface area contributed by atoms with Gasteiger partial charge < -0.3 is 10.6 Å². The predicted octanol–water partition coefficient (Wildman–Crippen LogP) is 4.85. The van der Waals surface area contributed by atoms with Gasteiger partial charge in [-0.3, -0.25) is 4.79 Å². The van der Waals surface area contributed by atoms with Gasteiger partial charge in [-0.15, -0.1) is 0 Å². The molecule has 6 heteroatoms. The number of aryl methyl sites for hydroxylation is 2. The van der Waals surface area contributed by atoms with Gasteiger partial charge in [0, 0.05) is 22.0 Å². The lowest BCUT2D eigenvalue weighted by Crippen LogP contribution is -2.15. The lowest BCUT2D eigenvalue weighted by atomic mass is 10.2. The number of carbonyl (C=O) groups excluding carboxylic acids is 1. The second kappa shape index (κ2) is 7.44. The number of carbonyl (C=O) groups is 1. The molecule has 0 radical (unpaired) electrons. The Bertz CT molecular complexity index is 927. The first-order valence-electron chi connectivity index (χ1n) is 7.76. The largest absolute Gasteiger partial charge is 0.324 e. The smallest absolute Gasteiger partial charge is 0.274 e. The minimum atomic E-state index is -0.272. The molecule has 0 saturated carbocycles. The van der Waals surface area contributed by atoms with Crippen molar-refractivity contribution < 1.29 is 4.79 Å². The normalized spacial score (nSPS) is 10.4. The van der Waals surface area contributed by atoms with Gasteiger partial charge >= 0.3 is 0 Å². The van der Waals surface area contributed by atoms with Gasteiger partial charge in [-0.1, -0.05) is 34.1 Å². The lowest BCUT2D eigenvalue weighted by molar-refractivity contribution is 0.102. The molecule has 3 aromatic rings. The Morgan fingerprint density at radius 2 is 1.84 bits per heavy atom. The number of para-hydroxylation sites is 1. The van der Waals surface area contributed by atoms with E-state index >= 15 is 0 Å². The van der Waals surface area contributed by atoms with E-state index in [2.05, 4.69) is 36.5 Å². The zero-order valence-corrected chi connectivity index (χ0v) is 15.5. The van der Waals surface area contributed by atoms with Gasteiger partial charge in [-0.25, -0.2) is 9.97 Å². The molecule has 0 spiro atoms. The Balaban J connectivity index is 1.77. The first-order valence-corrected chi connectivity index (χ1v) is 8.55. The van der Waals surface area contributed by atoms with Gasteiger partial charge in [-0.05, 0) is 55.3 Å². The van der Waals surface area contributed by atoms with Crippen LogP contribution in [0.3, 0.4) is 0 Å². The fourth-order valence-electron chi connectivity index (χ4n) is 2.30. The third-order valence-electron chi connectivity index (χ3n) is 3.70. The summed E-state index contributed by atoms with van der Waals surface area (Å²) in [7, 11) is 0. The van der Waals surface area contributed by atoms with E-state index < -0.39 is 0 Å². The van der Waals surface area contributed by atoms with E-state index in [1.165, 1.54) is 0 Å². The maximum Gasteiger partial charge on any atom is 0.274 e. The van der Waals surface area contributed by atoms with Gasteiger partial charge in [0.1, 0.15) is 5.69 Å². The van der Waals surface area contributed by atoms with Crippen LogP contribution >= 0.6 is 15.9 Å². The summed E-state index contributed by atoms with van der Waals surface area (Å²) in [5.74, 6) is 0.103. The molecular formula is C19H17BrN4O. The fourth-order valence-corrected chi connectivity index (χ4v) is 2.54. The van der Waals surface area contributed by atoms with Crippen molar-refractivity contribution >= 4 is 39.2 Å². The van der Waals surface area contributed by atoms with Crippen molar-refractivity contribution in [3.63, 3.8) is 0 Å². The van der Waals surface area contributed by atoms with Crippen molar-refractivity contribution in [1.29, 1.82) is 0 Å². The van der Waals surface area contributed by atoms with E-state index in [1.54, 1.807) is 12.3 Å². The maximum absolute atomic E-state index is 12.4. The molecule has 0 atom stereocenters. The fraction of sp³-hybridized carbons (Fsp3) is 0.105. The van der Waals surface area contributed by atoms with Gasteiger partial charge in [0.25, 0.3) is 5.91 Å². The number of benzene rings is 2. The second-order valence-electron chi connectivity index (χ2n) is 5.62. The summed E-state index contributed by atoms with van der Waals surface area (Å²) in [4.78, 5) is 20.9. The van der Waals surface area contributed by atoms with Crippen LogP contribution in [0.1, 0.15) is 21.6 Å². The van der Waals surface area contributed by atoms with Crippen molar-refractivity contribution in [2.24, 2.45) is 0 Å². The third kappa shape index (κ3) is 4.22. The summed E-state index contributed by atoms with van der Waals surface area (Å²) in [5, 5.41) is 5.99. The topological polar surface area (TPSA) is 66.9 Å². The molecule has 1 aromatic heterocycles. The van der Waals surface area contributed by atoms with E-state index in [1.807, 2.05) is 56.3 Å². The molecule has 0 bridgehead atoms. The maximum atomic E-state index is 12.4. The van der Waals surface area contributed by atoms with Crippen molar-refractivity contribution in [3.8, 4) is 0 Å². The van der Waals surface area contributed by atoms with E-state index in [9.17, 15) is 4.79 Å². The molecule has 0 aliphatic heterocycles. The van der Waals surface area contributed by atoms with Crippen LogP contribution in [0.5, 0.6) is 0 Å². The number of hydrogen-bond donors (Lipinski definition) is 2. The standard InChI is InChI=1S/C19H17BrN4O/c1-12-5-3-4-6-16(12)23-18(25)17-9-10-21-19(24-17)22-14-7-8-15(20)13(2)11-14/h3-11H,1-2H3,(H,23,25)(H,21,22,24). The Labute approximate surface area is 154 Å². The molecule has 0 unspecified atom stereocenters. The second-order valence-corrected chi connectivity index (χ2v) is 6.48. The van der Waals surface area contributed by atoms with Crippen LogP contribution in [0.2, 0.25) is 0 Å². The number of hydrogen-bond acceptors (Lipinski definition) is 4. The Morgan fingerprint density at radius 3 is 2.60 bits per heavy atom. The summed E-state index contributed by atoms with van der Waals surface area (Å²) < 4.78 is 1.03. The van der Waals surface area contributed by atoms with E-state index in [4.69, 9.17) is 0 Å². The Kier molecular flexibility index (Phi) is 5.09. The molecule has 0 saturated heterocycles. The first kappa shape index (κ1) is 17.1. The first-order chi connectivity index (χ1) is 12.0. The number of nitrogens with one attached hydrogen (secondary N) is 2. The number of halogens is 1. The van der Waals surface area contributed by atoms with Crippen LogP contribution in [0.15, 0.2) is 59.2 Å². The van der Waals surface area contributed by atoms with Gasteiger partial charge in [0.05, 0.1) is 0 Å². The van der Waals surface area contributed by atoms with Crippen LogP contribution in [-0.4, -0.2) is 15.9 Å². The highest BCUT2D eigenvalue weighted by atomic mass is 79.9. The molecule has 2 N–H and O–H groups in total. The zero-order valence-electron chi connectivity index (χ0n) is 13.9. The van der Waals surface area contributed by atoms with Crippen molar-refractivity contribution in [3.05, 3.63) is 76.0 Å². The van der Waals surface area contributed by atoms with Crippen LogP contribution < -0.4 is 10.6 Å². The van der Waals surface area contributed by atoms with Gasteiger partial charge in [-0.2, -0.15) is 0 Å². The van der Waals surface area contributed by atoms with Gasteiger partial charge in [0.15, 0.2) is 0 Å². The molecule has 1 heterocycles.